The van der Waals surface area contributed by atoms with Gasteiger partial charge in [0.2, 0.25) is 5.91 Å². The van der Waals surface area contributed by atoms with Gasteiger partial charge in [-0.2, -0.15) is 0 Å². The van der Waals surface area contributed by atoms with Crippen LogP contribution in [0, 0.1) is 23.6 Å². The van der Waals surface area contributed by atoms with E-state index >= 15 is 0 Å². The van der Waals surface area contributed by atoms with Crippen molar-refractivity contribution < 1.29 is 22.8 Å². The smallest absolute Gasteiger partial charge is 0.318 e. The third kappa shape index (κ3) is 3.74. The number of halogens is 4. The first-order valence-electron chi connectivity index (χ1n) is 10.4. The summed E-state index contributed by atoms with van der Waals surface area (Å²) in [5.41, 5.74) is 0.582. The Hall–Kier alpha value is -1.96. The molecular formula is C21H25ClF3N3O2. The van der Waals surface area contributed by atoms with Crippen molar-refractivity contribution in [3.8, 4) is 0 Å². The molecule has 9 heteroatoms. The number of urea groups is 1. The number of piperazine rings is 1. The first kappa shape index (κ1) is 21.3. The first-order chi connectivity index (χ1) is 14.2. The Morgan fingerprint density at radius 2 is 1.97 bits per heavy atom. The Labute approximate surface area is 178 Å². The number of carbonyl (C=O) groups excluding carboxylic acids is 2. The number of nitrogens with one attached hydrogen (secondary N) is 2. The minimum Gasteiger partial charge on any atom is -0.353 e. The molecule has 3 amide bonds. The number of carbonyl (C=O) groups is 2. The van der Waals surface area contributed by atoms with E-state index < -0.39 is 41.7 Å². The molecule has 1 heterocycles. The molecule has 164 valence electrons. The maximum atomic E-state index is 14.4. The first-order valence-corrected chi connectivity index (χ1v) is 10.7. The summed E-state index contributed by atoms with van der Waals surface area (Å²) in [6, 6.07) is 2.54. The SMILES string of the molecule is C[C@@H]1C(=O)NCCN1C(=O)N[C@@H](c1ccc(F)c(Cl)c1)C1CC2CCC(C1)C2(F)F. The van der Waals surface area contributed by atoms with Crippen LogP contribution in [0.15, 0.2) is 18.2 Å². The highest BCUT2D eigenvalue weighted by atomic mass is 35.5. The molecule has 1 aromatic carbocycles. The highest BCUT2D eigenvalue weighted by molar-refractivity contribution is 6.30. The number of hydrogen-bond donors (Lipinski definition) is 2. The summed E-state index contributed by atoms with van der Waals surface area (Å²) in [7, 11) is 0. The van der Waals surface area contributed by atoms with Gasteiger partial charge in [0.05, 0.1) is 11.1 Å². The van der Waals surface area contributed by atoms with Gasteiger partial charge in [-0.05, 0) is 56.2 Å². The van der Waals surface area contributed by atoms with Crippen molar-refractivity contribution in [1.29, 1.82) is 0 Å². The lowest BCUT2D eigenvalue weighted by Crippen LogP contribution is -2.59. The van der Waals surface area contributed by atoms with E-state index in [9.17, 15) is 22.8 Å². The van der Waals surface area contributed by atoms with Gasteiger partial charge in [-0.1, -0.05) is 17.7 Å². The van der Waals surface area contributed by atoms with Gasteiger partial charge in [0.25, 0.3) is 5.92 Å². The number of fused-ring (bicyclic) bond motifs is 2. The Morgan fingerprint density at radius 1 is 1.30 bits per heavy atom. The van der Waals surface area contributed by atoms with Crippen LogP contribution < -0.4 is 10.6 Å². The Kier molecular flexibility index (Phi) is 5.64. The highest BCUT2D eigenvalue weighted by Gasteiger charge is 2.57. The zero-order valence-corrected chi connectivity index (χ0v) is 17.4. The largest absolute Gasteiger partial charge is 0.353 e. The average molecular weight is 444 g/mol. The predicted octanol–water partition coefficient (Wildman–Crippen LogP) is 4.12. The monoisotopic (exact) mass is 443 g/mol. The predicted molar refractivity (Wildman–Crippen MR) is 106 cm³/mol. The summed E-state index contributed by atoms with van der Waals surface area (Å²) < 4.78 is 42.6. The molecule has 0 radical (unpaired) electrons. The Bertz CT molecular complexity index is 837. The van der Waals surface area contributed by atoms with Gasteiger partial charge in [0.1, 0.15) is 11.9 Å². The summed E-state index contributed by atoms with van der Waals surface area (Å²) in [6.07, 6.45) is 1.50. The van der Waals surface area contributed by atoms with Crippen LogP contribution in [-0.2, 0) is 4.79 Å². The molecule has 3 aliphatic rings. The van der Waals surface area contributed by atoms with Crippen LogP contribution in [0.5, 0.6) is 0 Å². The molecule has 1 saturated heterocycles. The van der Waals surface area contributed by atoms with E-state index in [1.165, 1.54) is 23.1 Å². The minimum atomic E-state index is -2.68. The van der Waals surface area contributed by atoms with Crippen molar-refractivity contribution in [1.82, 2.24) is 15.5 Å². The lowest BCUT2D eigenvalue weighted by molar-refractivity contribution is -0.127. The fraction of sp³-hybridized carbons (Fsp3) is 0.619. The second-order valence-corrected chi connectivity index (χ2v) is 9.05. The van der Waals surface area contributed by atoms with Crippen molar-refractivity contribution in [2.24, 2.45) is 17.8 Å². The van der Waals surface area contributed by atoms with Crippen molar-refractivity contribution in [3.63, 3.8) is 0 Å². The average Bonchev–Trinajstić information content (AvgIpc) is 2.87. The molecule has 4 rings (SSSR count). The number of benzene rings is 1. The van der Waals surface area contributed by atoms with E-state index in [0.29, 0.717) is 31.5 Å². The highest BCUT2D eigenvalue weighted by Crippen LogP contribution is 2.56. The van der Waals surface area contributed by atoms with Crippen LogP contribution in [0.1, 0.15) is 44.2 Å². The molecule has 5 nitrogen and oxygen atoms in total. The molecule has 4 atom stereocenters. The lowest BCUT2D eigenvalue weighted by Gasteiger charge is -2.40. The standard InChI is InChI=1S/C21H25ClF3N3O2/c1-11-19(29)26-6-7-28(11)20(30)27-18(12-2-5-17(23)16(22)10-12)13-8-14-3-4-15(9-13)21(14,24)25/h2,5,10-11,13-15,18H,3-4,6-9H2,1H3,(H,26,29)(H,27,30)/t11-,13?,14?,15?,18+/m1/s1. The van der Waals surface area contributed by atoms with E-state index in [0.717, 1.165) is 0 Å². The molecule has 2 bridgehead atoms. The molecule has 2 N–H and O–H groups in total. The molecule has 1 aromatic rings. The van der Waals surface area contributed by atoms with Crippen LogP contribution in [0.4, 0.5) is 18.0 Å². The fourth-order valence-electron chi connectivity index (χ4n) is 5.22. The summed E-state index contributed by atoms with van der Waals surface area (Å²) >= 11 is 5.97. The third-order valence-corrected chi connectivity index (χ3v) is 7.23. The van der Waals surface area contributed by atoms with E-state index in [1.54, 1.807) is 6.92 Å². The van der Waals surface area contributed by atoms with Crippen molar-refractivity contribution in [2.45, 2.75) is 50.6 Å². The van der Waals surface area contributed by atoms with Crippen LogP contribution in [0.3, 0.4) is 0 Å². The van der Waals surface area contributed by atoms with Gasteiger partial charge in [-0.25, -0.2) is 18.0 Å². The van der Waals surface area contributed by atoms with E-state index in [4.69, 9.17) is 11.6 Å². The molecule has 1 aliphatic heterocycles. The van der Waals surface area contributed by atoms with Gasteiger partial charge < -0.3 is 15.5 Å². The number of alkyl halides is 2. The van der Waals surface area contributed by atoms with Gasteiger partial charge in [-0.15, -0.1) is 0 Å². The molecule has 2 saturated carbocycles. The summed E-state index contributed by atoms with van der Waals surface area (Å²) in [5, 5.41) is 5.57. The molecular weight excluding hydrogens is 419 g/mol. The number of hydrogen-bond acceptors (Lipinski definition) is 2. The molecule has 0 aromatic heterocycles. The molecule has 2 unspecified atom stereocenters. The van der Waals surface area contributed by atoms with Gasteiger partial charge in [0.15, 0.2) is 0 Å². The van der Waals surface area contributed by atoms with Gasteiger partial charge in [-0.3, -0.25) is 4.79 Å². The number of amides is 3. The van der Waals surface area contributed by atoms with Crippen LogP contribution in [0.25, 0.3) is 0 Å². The number of rotatable bonds is 3. The summed E-state index contributed by atoms with van der Waals surface area (Å²) in [6.45, 7) is 2.34. The molecule has 3 fully saturated rings. The van der Waals surface area contributed by atoms with E-state index in [1.807, 2.05) is 0 Å². The summed E-state index contributed by atoms with van der Waals surface area (Å²) in [4.78, 5) is 26.4. The third-order valence-electron chi connectivity index (χ3n) is 6.94. The van der Waals surface area contributed by atoms with E-state index in [-0.39, 0.29) is 29.7 Å². The van der Waals surface area contributed by atoms with Crippen molar-refractivity contribution >= 4 is 23.5 Å². The van der Waals surface area contributed by atoms with Crippen LogP contribution in [0.2, 0.25) is 5.02 Å². The van der Waals surface area contributed by atoms with Crippen molar-refractivity contribution in [3.05, 3.63) is 34.6 Å². The Balaban J connectivity index is 1.60. The Morgan fingerprint density at radius 3 is 2.60 bits per heavy atom. The second-order valence-electron chi connectivity index (χ2n) is 8.64. The minimum absolute atomic E-state index is 0.0819. The molecule has 30 heavy (non-hydrogen) atoms. The topological polar surface area (TPSA) is 61.4 Å². The zero-order chi connectivity index (χ0) is 21.6. The fourth-order valence-corrected chi connectivity index (χ4v) is 5.41. The maximum absolute atomic E-state index is 14.4. The van der Waals surface area contributed by atoms with Crippen LogP contribution in [-0.4, -0.2) is 41.9 Å². The molecule has 2 aliphatic carbocycles. The normalized spacial score (nSPS) is 31.2. The van der Waals surface area contributed by atoms with Gasteiger partial charge in [0, 0.05) is 24.9 Å². The lowest BCUT2D eigenvalue weighted by atomic mass is 9.73. The summed E-state index contributed by atoms with van der Waals surface area (Å²) in [5.74, 6) is -5.14. The quantitative estimate of drug-likeness (QED) is 0.738. The second kappa shape index (κ2) is 7.94. The van der Waals surface area contributed by atoms with Gasteiger partial charge >= 0.3 is 6.03 Å². The maximum Gasteiger partial charge on any atom is 0.318 e. The zero-order valence-electron chi connectivity index (χ0n) is 16.6. The van der Waals surface area contributed by atoms with Crippen molar-refractivity contribution in [2.75, 3.05) is 13.1 Å². The van der Waals surface area contributed by atoms with Crippen LogP contribution >= 0.6 is 11.6 Å². The number of nitrogens with zero attached hydrogens (tertiary/aromatic N) is 1. The molecule has 0 spiro atoms. The van der Waals surface area contributed by atoms with E-state index in [2.05, 4.69) is 10.6 Å².